The smallest absolute Gasteiger partial charge is 0.407 e. The number of hydrazine groups is 1. The van der Waals surface area contributed by atoms with Crippen LogP contribution in [-0.2, 0) is 16.1 Å². The van der Waals surface area contributed by atoms with Crippen molar-refractivity contribution in [3.8, 4) is 0 Å². The van der Waals surface area contributed by atoms with Crippen LogP contribution in [0.1, 0.15) is 57.4 Å². The van der Waals surface area contributed by atoms with E-state index in [1.165, 1.54) is 11.9 Å². The highest BCUT2D eigenvalue weighted by molar-refractivity contribution is 5.79. The highest BCUT2D eigenvalue weighted by atomic mass is 16.6. The van der Waals surface area contributed by atoms with Crippen molar-refractivity contribution in [1.29, 1.82) is 0 Å². The fourth-order valence-electron chi connectivity index (χ4n) is 3.41. The van der Waals surface area contributed by atoms with Gasteiger partial charge in [-0.1, -0.05) is 43.2 Å². The van der Waals surface area contributed by atoms with E-state index >= 15 is 0 Å². The Kier molecular flexibility index (Phi) is 17.9. The molecule has 35 heavy (non-hydrogen) atoms. The first-order chi connectivity index (χ1) is 17.0. The van der Waals surface area contributed by atoms with Crippen LogP contribution >= 0.6 is 0 Å². The number of aliphatic imine (C=N–C) groups is 1. The van der Waals surface area contributed by atoms with Gasteiger partial charge in [-0.25, -0.2) is 10.6 Å². The van der Waals surface area contributed by atoms with Crippen molar-refractivity contribution >= 4 is 18.3 Å². The first kappa shape index (κ1) is 30.3. The molecule has 0 heterocycles. The van der Waals surface area contributed by atoms with Crippen LogP contribution in [0.4, 0.5) is 4.79 Å². The number of alkyl carbamates (subject to hydrolysis) is 1. The van der Waals surface area contributed by atoms with E-state index in [9.17, 15) is 9.59 Å². The van der Waals surface area contributed by atoms with E-state index in [1.54, 1.807) is 0 Å². The van der Waals surface area contributed by atoms with Gasteiger partial charge in [0.25, 0.3) is 5.91 Å². The maximum Gasteiger partial charge on any atom is 0.407 e. The molecule has 10 heteroatoms. The van der Waals surface area contributed by atoms with Gasteiger partial charge in [0.05, 0.1) is 6.34 Å². The zero-order chi connectivity index (χ0) is 25.6. The van der Waals surface area contributed by atoms with Crippen molar-refractivity contribution in [2.75, 3.05) is 39.3 Å². The lowest BCUT2D eigenvalue weighted by molar-refractivity contribution is -0.123. The number of nitrogens with two attached hydrogens (primary N) is 2. The van der Waals surface area contributed by atoms with E-state index in [-0.39, 0.29) is 18.6 Å². The number of hydrogen-bond acceptors (Lipinski definition) is 7. The number of hydrogen-bond donors (Lipinski definition) is 5. The van der Waals surface area contributed by atoms with Crippen molar-refractivity contribution in [2.45, 2.75) is 64.5 Å². The number of carbonyl (C=O) groups is 2. The molecule has 1 aromatic rings. The summed E-state index contributed by atoms with van der Waals surface area (Å²) in [5.41, 5.74) is 9.57. The molecule has 1 atom stereocenters. The molecular weight excluding hydrogens is 446 g/mol. The lowest BCUT2D eigenvalue weighted by atomic mass is 10.1. The third kappa shape index (κ3) is 18.3. The molecule has 198 valence electrons. The molecule has 10 nitrogen and oxygen atoms in total. The van der Waals surface area contributed by atoms with Crippen LogP contribution in [0.25, 0.3) is 0 Å². The molecule has 7 N–H and O–H groups in total. The first-order valence-electron chi connectivity index (χ1n) is 12.6. The summed E-state index contributed by atoms with van der Waals surface area (Å²) in [5.74, 6) is 4.80. The Bertz CT molecular complexity index is 702. The molecular formula is C25H45N7O3. The van der Waals surface area contributed by atoms with Crippen molar-refractivity contribution in [2.24, 2.45) is 16.6 Å². The van der Waals surface area contributed by atoms with Crippen LogP contribution in [0.5, 0.6) is 0 Å². The van der Waals surface area contributed by atoms with E-state index in [0.29, 0.717) is 13.1 Å². The highest BCUT2D eigenvalue weighted by Gasteiger charge is 2.09. The molecule has 0 spiro atoms. The third-order valence-corrected chi connectivity index (χ3v) is 5.36. The van der Waals surface area contributed by atoms with Crippen LogP contribution in [0.15, 0.2) is 35.3 Å². The van der Waals surface area contributed by atoms with Crippen molar-refractivity contribution in [3.05, 3.63) is 35.9 Å². The Morgan fingerprint density at radius 2 is 1.74 bits per heavy atom. The Hall–Kier alpha value is -2.69. The predicted molar refractivity (Wildman–Crippen MR) is 141 cm³/mol. The van der Waals surface area contributed by atoms with Crippen molar-refractivity contribution in [1.82, 2.24) is 21.0 Å². The monoisotopic (exact) mass is 491 g/mol. The second-order valence-electron chi connectivity index (χ2n) is 8.70. The van der Waals surface area contributed by atoms with Gasteiger partial charge in [0.1, 0.15) is 0 Å². The van der Waals surface area contributed by atoms with Gasteiger partial charge in [-0.15, -0.1) is 0 Å². The number of amides is 2. The van der Waals surface area contributed by atoms with Crippen LogP contribution in [0, 0.1) is 0 Å². The SMILES string of the molecule is CC(N)CCN(CCCCNC(=O)OCC(=O)NCCCCCCN=CNN)Cc1ccccc1. The zero-order valence-electron chi connectivity index (χ0n) is 21.2. The largest absolute Gasteiger partial charge is 0.439 e. The van der Waals surface area contributed by atoms with Gasteiger partial charge in [0, 0.05) is 32.2 Å². The molecule has 2 amide bonds. The number of rotatable bonds is 20. The maximum atomic E-state index is 11.8. The summed E-state index contributed by atoms with van der Waals surface area (Å²) in [5, 5.41) is 5.48. The van der Waals surface area contributed by atoms with Crippen LogP contribution in [0.2, 0.25) is 0 Å². The molecule has 0 aliphatic heterocycles. The van der Waals surface area contributed by atoms with Crippen LogP contribution in [0.3, 0.4) is 0 Å². The molecule has 0 saturated heterocycles. The van der Waals surface area contributed by atoms with E-state index in [0.717, 1.165) is 71.1 Å². The molecule has 1 unspecified atom stereocenters. The maximum absolute atomic E-state index is 11.8. The number of nitrogens with zero attached hydrogens (tertiary/aromatic N) is 2. The molecule has 0 aliphatic rings. The fourth-order valence-corrected chi connectivity index (χ4v) is 3.41. The lowest BCUT2D eigenvalue weighted by Crippen LogP contribution is -2.33. The normalized spacial score (nSPS) is 12.0. The molecule has 1 aromatic carbocycles. The third-order valence-electron chi connectivity index (χ3n) is 5.36. The topological polar surface area (TPSA) is 147 Å². The van der Waals surface area contributed by atoms with E-state index in [1.807, 2.05) is 13.0 Å². The molecule has 0 aromatic heterocycles. The molecule has 1 rings (SSSR count). The second-order valence-corrected chi connectivity index (χ2v) is 8.70. The molecule has 0 radical (unpaired) electrons. The molecule has 0 bridgehead atoms. The van der Waals surface area contributed by atoms with Gasteiger partial charge in [0.2, 0.25) is 0 Å². The van der Waals surface area contributed by atoms with Gasteiger partial charge in [-0.05, 0) is 57.7 Å². The van der Waals surface area contributed by atoms with Crippen LogP contribution in [-0.4, -0.2) is 68.6 Å². The zero-order valence-corrected chi connectivity index (χ0v) is 21.2. The summed E-state index contributed by atoms with van der Waals surface area (Å²) in [7, 11) is 0. The van der Waals surface area contributed by atoms with E-state index < -0.39 is 6.09 Å². The Balaban J connectivity index is 2.07. The minimum Gasteiger partial charge on any atom is -0.439 e. The lowest BCUT2D eigenvalue weighted by Gasteiger charge is -2.23. The summed E-state index contributed by atoms with van der Waals surface area (Å²) in [6, 6.07) is 10.6. The Morgan fingerprint density at radius 1 is 1.03 bits per heavy atom. The predicted octanol–water partition coefficient (Wildman–Crippen LogP) is 1.90. The summed E-state index contributed by atoms with van der Waals surface area (Å²) >= 11 is 0. The molecule has 0 saturated carbocycles. The number of ether oxygens (including phenoxy) is 1. The van der Waals surface area contributed by atoms with Crippen molar-refractivity contribution < 1.29 is 14.3 Å². The number of nitrogens with one attached hydrogen (secondary N) is 3. The quantitative estimate of drug-likeness (QED) is 0.0615. The fraction of sp³-hybridized carbons (Fsp3) is 0.640. The Labute approximate surface area is 210 Å². The summed E-state index contributed by atoms with van der Waals surface area (Å²) < 4.78 is 4.99. The number of unbranched alkanes of at least 4 members (excludes halogenated alkanes) is 4. The molecule has 0 fully saturated rings. The minimum absolute atomic E-state index is 0.173. The molecule has 0 aliphatic carbocycles. The summed E-state index contributed by atoms with van der Waals surface area (Å²) in [6.07, 6.45) is 7.53. The number of carbonyl (C=O) groups excluding carboxylic acids is 2. The minimum atomic E-state index is -0.564. The van der Waals surface area contributed by atoms with Gasteiger partial charge >= 0.3 is 6.09 Å². The van der Waals surface area contributed by atoms with Crippen molar-refractivity contribution in [3.63, 3.8) is 0 Å². The Morgan fingerprint density at radius 3 is 2.49 bits per heavy atom. The van der Waals surface area contributed by atoms with E-state index in [2.05, 4.69) is 50.2 Å². The summed E-state index contributed by atoms with van der Waals surface area (Å²) in [4.78, 5) is 30.1. The van der Waals surface area contributed by atoms with Gasteiger partial charge in [-0.2, -0.15) is 0 Å². The first-order valence-corrected chi connectivity index (χ1v) is 12.6. The average molecular weight is 492 g/mol. The standard InChI is InChI=1S/C25H45N7O3/c1-22(26)13-18-32(19-23-11-5-4-6-12-23)17-10-9-16-30-25(34)35-20-24(33)29-15-8-3-2-7-14-28-21-31-27/h4-6,11-12,21-22H,2-3,7-10,13-20,26-27H2,1H3,(H,28,31)(H,29,33)(H,30,34). The van der Waals surface area contributed by atoms with Gasteiger partial charge in [-0.3, -0.25) is 14.7 Å². The highest BCUT2D eigenvalue weighted by Crippen LogP contribution is 2.07. The second kappa shape index (κ2) is 20.7. The average Bonchev–Trinajstić information content (AvgIpc) is 2.85. The van der Waals surface area contributed by atoms with E-state index in [4.69, 9.17) is 16.3 Å². The summed E-state index contributed by atoms with van der Waals surface area (Å²) in [6.45, 7) is 6.33. The number of benzene rings is 1. The van der Waals surface area contributed by atoms with Gasteiger partial charge < -0.3 is 26.5 Å². The van der Waals surface area contributed by atoms with Crippen LogP contribution < -0.4 is 27.6 Å². The van der Waals surface area contributed by atoms with Gasteiger partial charge in [0.15, 0.2) is 6.61 Å².